The first-order chi connectivity index (χ1) is 10.2. The second-order valence-corrected chi connectivity index (χ2v) is 4.93. The topological polar surface area (TPSA) is 82.2 Å². The van der Waals surface area contributed by atoms with E-state index in [0.29, 0.717) is 13.2 Å². The van der Waals surface area contributed by atoms with Gasteiger partial charge in [-0.15, -0.1) is 0 Å². The second-order valence-electron chi connectivity index (χ2n) is 4.93. The third-order valence-corrected chi connectivity index (χ3v) is 3.50. The lowest BCUT2D eigenvalue weighted by molar-refractivity contribution is -0.384. The van der Waals surface area contributed by atoms with E-state index in [4.69, 9.17) is 4.74 Å². The zero-order valence-electron chi connectivity index (χ0n) is 11.4. The van der Waals surface area contributed by atoms with Crippen LogP contribution in [0.5, 0.6) is 0 Å². The molecule has 1 N–H and O–H groups in total. The van der Waals surface area contributed by atoms with Crippen molar-refractivity contribution >= 4 is 5.69 Å². The maximum absolute atomic E-state index is 10.7. The van der Waals surface area contributed by atoms with E-state index in [9.17, 15) is 10.1 Å². The molecule has 0 saturated carbocycles. The first-order valence-electron chi connectivity index (χ1n) is 6.80. The van der Waals surface area contributed by atoms with Gasteiger partial charge in [-0.05, 0) is 5.56 Å². The van der Waals surface area contributed by atoms with Gasteiger partial charge in [0.2, 0.25) is 0 Å². The van der Waals surface area contributed by atoms with Crippen LogP contribution in [0.2, 0.25) is 0 Å². The molecule has 0 radical (unpaired) electrons. The minimum Gasteiger partial charge on any atom is -0.369 e. The number of nitrogens with zero attached hydrogens (tertiary/aromatic N) is 3. The molecular weight excluding hydrogens is 272 g/mol. The molecule has 0 aliphatic carbocycles. The number of non-ortho nitro benzene ring substituents is 1. The lowest BCUT2D eigenvalue weighted by Crippen LogP contribution is -2.34. The quantitative estimate of drug-likeness (QED) is 0.681. The van der Waals surface area contributed by atoms with Crippen molar-refractivity contribution < 1.29 is 9.66 Å². The van der Waals surface area contributed by atoms with E-state index in [1.807, 2.05) is 10.8 Å². The van der Waals surface area contributed by atoms with Crippen molar-refractivity contribution in [3.05, 3.63) is 58.2 Å². The van der Waals surface area contributed by atoms with Crippen LogP contribution in [-0.2, 0) is 11.3 Å². The molecule has 0 bridgehead atoms. The Hall–Kier alpha value is -2.25. The molecule has 0 spiro atoms. The highest BCUT2D eigenvalue weighted by molar-refractivity contribution is 5.33. The summed E-state index contributed by atoms with van der Waals surface area (Å²) in [7, 11) is 0. The van der Waals surface area contributed by atoms with Gasteiger partial charge in [0.1, 0.15) is 6.10 Å². The van der Waals surface area contributed by atoms with E-state index in [0.717, 1.165) is 24.3 Å². The van der Waals surface area contributed by atoms with E-state index in [1.165, 1.54) is 12.1 Å². The molecule has 1 aromatic carbocycles. The van der Waals surface area contributed by atoms with Gasteiger partial charge in [0.25, 0.3) is 5.69 Å². The Kier molecular flexibility index (Phi) is 3.94. The number of benzene rings is 1. The smallest absolute Gasteiger partial charge is 0.269 e. The summed E-state index contributed by atoms with van der Waals surface area (Å²) in [4.78, 5) is 14.4. The number of nitro groups is 1. The Morgan fingerprint density at radius 3 is 2.90 bits per heavy atom. The second kappa shape index (κ2) is 6.02. The number of imidazole rings is 1. The molecule has 1 aromatic heterocycles. The van der Waals surface area contributed by atoms with E-state index in [1.54, 1.807) is 18.5 Å². The van der Waals surface area contributed by atoms with Gasteiger partial charge in [-0.2, -0.15) is 0 Å². The normalized spacial score (nSPS) is 18.6. The predicted molar refractivity (Wildman–Crippen MR) is 76.0 cm³/mol. The third kappa shape index (κ3) is 3.09. The number of morpholine rings is 1. The van der Waals surface area contributed by atoms with Crippen LogP contribution in [0.15, 0.2) is 36.8 Å². The van der Waals surface area contributed by atoms with Crippen LogP contribution in [0.4, 0.5) is 5.69 Å². The highest BCUT2D eigenvalue weighted by Gasteiger charge is 2.19. The summed E-state index contributed by atoms with van der Waals surface area (Å²) in [6.07, 6.45) is 3.57. The molecule has 1 unspecified atom stereocenters. The lowest BCUT2D eigenvalue weighted by Gasteiger charge is -2.24. The number of rotatable bonds is 4. The lowest BCUT2D eigenvalue weighted by atomic mass is 10.2. The number of ether oxygens (including phenoxy) is 1. The Labute approximate surface area is 121 Å². The standard InChI is InChI=1S/C14H16N4O3/c19-18(20)12-3-1-11(2-4-12)9-17-10-16-7-13(17)14-8-15-5-6-21-14/h1-4,7,10,14-15H,5-6,8-9H2. The maximum atomic E-state index is 10.7. The van der Waals surface area contributed by atoms with Crippen molar-refractivity contribution in [3.63, 3.8) is 0 Å². The molecule has 3 rings (SSSR count). The zero-order valence-corrected chi connectivity index (χ0v) is 11.4. The van der Waals surface area contributed by atoms with E-state index < -0.39 is 4.92 Å². The van der Waals surface area contributed by atoms with Crippen LogP contribution >= 0.6 is 0 Å². The average Bonchev–Trinajstić information content (AvgIpc) is 2.97. The maximum Gasteiger partial charge on any atom is 0.269 e. The highest BCUT2D eigenvalue weighted by Crippen LogP contribution is 2.20. The van der Waals surface area contributed by atoms with Crippen LogP contribution in [-0.4, -0.2) is 34.2 Å². The Morgan fingerprint density at radius 1 is 1.43 bits per heavy atom. The minimum absolute atomic E-state index is 0.000650. The molecule has 1 saturated heterocycles. The van der Waals surface area contributed by atoms with Crippen molar-refractivity contribution in [1.82, 2.24) is 14.9 Å². The summed E-state index contributed by atoms with van der Waals surface area (Å²) in [5.74, 6) is 0. The largest absolute Gasteiger partial charge is 0.369 e. The third-order valence-electron chi connectivity index (χ3n) is 3.50. The van der Waals surface area contributed by atoms with Crippen molar-refractivity contribution in [3.8, 4) is 0 Å². The zero-order chi connectivity index (χ0) is 14.7. The van der Waals surface area contributed by atoms with E-state index in [2.05, 4.69) is 10.3 Å². The molecule has 110 valence electrons. The molecule has 0 amide bonds. The van der Waals surface area contributed by atoms with Gasteiger partial charge in [0, 0.05) is 31.8 Å². The number of aromatic nitrogens is 2. The first-order valence-corrected chi connectivity index (χ1v) is 6.80. The molecule has 2 heterocycles. The molecule has 1 atom stereocenters. The highest BCUT2D eigenvalue weighted by atomic mass is 16.6. The summed E-state index contributed by atoms with van der Waals surface area (Å²) in [5, 5.41) is 13.9. The number of hydrogen-bond donors (Lipinski definition) is 1. The fourth-order valence-corrected chi connectivity index (χ4v) is 2.41. The van der Waals surface area contributed by atoms with Gasteiger partial charge in [0.15, 0.2) is 0 Å². The van der Waals surface area contributed by atoms with Gasteiger partial charge in [-0.25, -0.2) is 4.98 Å². The van der Waals surface area contributed by atoms with Crippen molar-refractivity contribution in [2.75, 3.05) is 19.7 Å². The molecule has 1 aliphatic rings. The molecule has 1 fully saturated rings. The summed E-state index contributed by atoms with van der Waals surface area (Å²) in [6, 6.07) is 6.57. The Morgan fingerprint density at radius 2 is 2.24 bits per heavy atom. The summed E-state index contributed by atoms with van der Waals surface area (Å²) < 4.78 is 7.75. The molecule has 7 heteroatoms. The summed E-state index contributed by atoms with van der Waals surface area (Å²) in [6.45, 7) is 2.94. The van der Waals surface area contributed by atoms with Crippen molar-refractivity contribution in [2.45, 2.75) is 12.6 Å². The SMILES string of the molecule is O=[N+]([O-])c1ccc(Cn2cncc2C2CNCCO2)cc1. The summed E-state index contributed by atoms with van der Waals surface area (Å²) in [5.41, 5.74) is 2.11. The molecule has 21 heavy (non-hydrogen) atoms. The van der Waals surface area contributed by atoms with Gasteiger partial charge < -0.3 is 14.6 Å². The van der Waals surface area contributed by atoms with Crippen LogP contribution in [0, 0.1) is 10.1 Å². The van der Waals surface area contributed by atoms with Crippen LogP contribution in [0.3, 0.4) is 0 Å². The van der Waals surface area contributed by atoms with Gasteiger partial charge in [-0.3, -0.25) is 10.1 Å². The number of hydrogen-bond acceptors (Lipinski definition) is 5. The first kappa shape index (κ1) is 13.7. The minimum atomic E-state index is -0.395. The predicted octanol–water partition coefficient (Wildman–Crippen LogP) is 1.50. The van der Waals surface area contributed by atoms with E-state index >= 15 is 0 Å². The summed E-state index contributed by atoms with van der Waals surface area (Å²) >= 11 is 0. The molecule has 1 aliphatic heterocycles. The van der Waals surface area contributed by atoms with Crippen LogP contribution in [0.1, 0.15) is 17.4 Å². The fourth-order valence-electron chi connectivity index (χ4n) is 2.41. The van der Waals surface area contributed by atoms with Gasteiger partial charge >= 0.3 is 0 Å². The monoisotopic (exact) mass is 288 g/mol. The Balaban J connectivity index is 1.75. The van der Waals surface area contributed by atoms with Crippen LogP contribution < -0.4 is 5.32 Å². The van der Waals surface area contributed by atoms with Crippen LogP contribution in [0.25, 0.3) is 0 Å². The van der Waals surface area contributed by atoms with Crippen molar-refractivity contribution in [1.29, 1.82) is 0 Å². The fraction of sp³-hybridized carbons (Fsp3) is 0.357. The Bertz CT molecular complexity index is 617. The average molecular weight is 288 g/mol. The molecule has 2 aromatic rings. The van der Waals surface area contributed by atoms with Crippen molar-refractivity contribution in [2.24, 2.45) is 0 Å². The number of nitro benzene ring substituents is 1. The molecular formula is C14H16N4O3. The van der Waals surface area contributed by atoms with Gasteiger partial charge in [0.05, 0.1) is 29.7 Å². The van der Waals surface area contributed by atoms with E-state index in [-0.39, 0.29) is 11.8 Å². The van der Waals surface area contributed by atoms with Gasteiger partial charge in [-0.1, -0.05) is 12.1 Å². The number of nitrogens with one attached hydrogen (secondary N) is 1. The molecule has 7 nitrogen and oxygen atoms in total.